The van der Waals surface area contributed by atoms with Gasteiger partial charge in [-0.15, -0.1) is 0 Å². The fourth-order valence-electron chi connectivity index (χ4n) is 2.20. The minimum atomic E-state index is 0.673. The first-order valence-electron chi connectivity index (χ1n) is 5.65. The highest BCUT2D eigenvalue weighted by atomic mass is 15.5. The molecule has 0 amide bonds. The van der Waals surface area contributed by atoms with Crippen LogP contribution in [0.1, 0.15) is 29.9 Å². The zero-order chi connectivity index (χ0) is 10.8. The van der Waals surface area contributed by atoms with Gasteiger partial charge in [-0.05, 0) is 31.2 Å². The third-order valence-corrected chi connectivity index (χ3v) is 3.13. The number of nitrogens with one attached hydrogen (secondary N) is 1. The van der Waals surface area contributed by atoms with E-state index in [1.54, 1.807) is 0 Å². The number of aryl methyl sites for hydroxylation is 1. The molecule has 82 valence electrons. The second-order valence-corrected chi connectivity index (χ2v) is 4.80. The van der Waals surface area contributed by atoms with Crippen molar-refractivity contribution >= 4 is 0 Å². The lowest BCUT2D eigenvalue weighted by Crippen LogP contribution is -2.46. The Kier molecular flexibility index (Phi) is 3.08. The summed E-state index contributed by atoms with van der Waals surface area (Å²) in [5.41, 5.74) is 6.27. The Morgan fingerprint density at radius 1 is 1.13 bits per heavy atom. The predicted molar refractivity (Wildman–Crippen MR) is 63.8 cm³/mol. The second kappa shape index (κ2) is 4.33. The first kappa shape index (κ1) is 10.7. The Morgan fingerprint density at radius 2 is 1.73 bits per heavy atom. The molecule has 1 aromatic rings. The maximum absolute atomic E-state index is 3.42. The van der Waals surface area contributed by atoms with Crippen LogP contribution >= 0.6 is 0 Å². The normalized spacial score (nSPS) is 25.3. The molecule has 0 heterocycles. The van der Waals surface area contributed by atoms with Gasteiger partial charge in [0.2, 0.25) is 0 Å². The maximum Gasteiger partial charge on any atom is 0.0226 e. The maximum atomic E-state index is 3.42. The first-order valence-corrected chi connectivity index (χ1v) is 5.65. The van der Waals surface area contributed by atoms with Gasteiger partial charge in [0, 0.05) is 20.1 Å². The Morgan fingerprint density at radius 3 is 2.27 bits per heavy atom. The molecule has 0 atom stereocenters. The number of hydrazine groups is 1. The lowest BCUT2D eigenvalue weighted by atomic mass is 9.76. The summed E-state index contributed by atoms with van der Waals surface area (Å²) < 4.78 is 0. The zero-order valence-electron chi connectivity index (χ0n) is 9.83. The first-order chi connectivity index (χ1) is 7.15. The van der Waals surface area contributed by atoms with Crippen molar-refractivity contribution in [3.05, 3.63) is 35.4 Å². The van der Waals surface area contributed by atoms with E-state index in [9.17, 15) is 0 Å². The average Bonchev–Trinajstić information content (AvgIpc) is 2.12. The molecule has 1 aliphatic rings. The van der Waals surface area contributed by atoms with Crippen LogP contribution in [0.4, 0.5) is 0 Å². The number of nitrogens with zero attached hydrogens (tertiary/aromatic N) is 1. The van der Waals surface area contributed by atoms with Crippen molar-refractivity contribution in [3.8, 4) is 0 Å². The number of rotatable bonds is 3. The quantitative estimate of drug-likeness (QED) is 0.760. The summed E-state index contributed by atoms with van der Waals surface area (Å²) in [7, 11) is 4.11. The molecule has 0 spiro atoms. The highest BCUT2D eigenvalue weighted by molar-refractivity contribution is 5.26. The molecular weight excluding hydrogens is 184 g/mol. The van der Waals surface area contributed by atoms with Gasteiger partial charge in [-0.2, -0.15) is 0 Å². The molecule has 1 aliphatic carbocycles. The van der Waals surface area contributed by atoms with Crippen LogP contribution in [0.3, 0.4) is 0 Å². The zero-order valence-corrected chi connectivity index (χ0v) is 9.83. The van der Waals surface area contributed by atoms with Crippen molar-refractivity contribution in [2.75, 3.05) is 14.1 Å². The summed E-state index contributed by atoms with van der Waals surface area (Å²) in [5.74, 6) is 0.767. The van der Waals surface area contributed by atoms with E-state index in [-0.39, 0.29) is 0 Å². The molecule has 0 aliphatic heterocycles. The third kappa shape index (κ3) is 2.58. The van der Waals surface area contributed by atoms with Gasteiger partial charge in [0.05, 0.1) is 0 Å². The lowest BCUT2D eigenvalue weighted by molar-refractivity contribution is 0.165. The molecule has 0 unspecified atom stereocenters. The van der Waals surface area contributed by atoms with Crippen LogP contribution in [-0.4, -0.2) is 25.1 Å². The van der Waals surface area contributed by atoms with Gasteiger partial charge < -0.3 is 0 Å². The van der Waals surface area contributed by atoms with Gasteiger partial charge >= 0.3 is 0 Å². The minimum absolute atomic E-state index is 0.673. The number of hydrogen-bond acceptors (Lipinski definition) is 2. The van der Waals surface area contributed by atoms with E-state index in [4.69, 9.17) is 0 Å². The van der Waals surface area contributed by atoms with E-state index >= 15 is 0 Å². The lowest BCUT2D eigenvalue weighted by Gasteiger charge is -2.38. The van der Waals surface area contributed by atoms with Gasteiger partial charge in [-0.1, -0.05) is 29.8 Å². The fraction of sp³-hybridized carbons (Fsp3) is 0.538. The molecular formula is C13H20N2. The van der Waals surface area contributed by atoms with Crippen LogP contribution in [-0.2, 0) is 0 Å². The van der Waals surface area contributed by atoms with E-state index < -0.39 is 0 Å². The molecule has 0 saturated heterocycles. The van der Waals surface area contributed by atoms with E-state index in [1.807, 2.05) is 0 Å². The molecule has 0 radical (unpaired) electrons. The van der Waals surface area contributed by atoms with Crippen molar-refractivity contribution < 1.29 is 0 Å². The van der Waals surface area contributed by atoms with Gasteiger partial charge in [0.25, 0.3) is 0 Å². The van der Waals surface area contributed by atoms with Crippen LogP contribution in [0, 0.1) is 6.92 Å². The smallest absolute Gasteiger partial charge is 0.0226 e. The molecule has 1 aromatic carbocycles. The van der Waals surface area contributed by atoms with Crippen LogP contribution in [0.25, 0.3) is 0 Å². The highest BCUT2D eigenvalue weighted by Gasteiger charge is 2.30. The SMILES string of the molecule is Cc1ccc(C2CC(NN(C)C)C2)cc1. The van der Waals surface area contributed by atoms with Gasteiger partial charge in [0.1, 0.15) is 0 Å². The molecule has 0 bridgehead atoms. The number of benzene rings is 1. The summed E-state index contributed by atoms with van der Waals surface area (Å²) in [6, 6.07) is 9.63. The van der Waals surface area contributed by atoms with Crippen LogP contribution < -0.4 is 5.43 Å². The van der Waals surface area contributed by atoms with Gasteiger partial charge in [0.15, 0.2) is 0 Å². The van der Waals surface area contributed by atoms with E-state index in [1.165, 1.54) is 24.0 Å². The Bertz CT molecular complexity index is 310. The Labute approximate surface area is 92.3 Å². The van der Waals surface area contributed by atoms with Crippen molar-refractivity contribution in [1.82, 2.24) is 10.4 Å². The van der Waals surface area contributed by atoms with Crippen molar-refractivity contribution in [3.63, 3.8) is 0 Å². The van der Waals surface area contributed by atoms with Gasteiger partial charge in [-0.25, -0.2) is 0 Å². The van der Waals surface area contributed by atoms with Crippen molar-refractivity contribution in [2.45, 2.75) is 31.7 Å². The molecule has 2 heteroatoms. The third-order valence-electron chi connectivity index (χ3n) is 3.13. The summed E-state index contributed by atoms with van der Waals surface area (Å²) in [6.07, 6.45) is 2.53. The standard InChI is InChI=1S/C13H20N2/c1-10-4-6-11(7-5-10)12-8-13(9-12)14-15(2)3/h4-7,12-14H,8-9H2,1-3H3. The van der Waals surface area contributed by atoms with Crippen molar-refractivity contribution in [1.29, 1.82) is 0 Å². The summed E-state index contributed by atoms with van der Waals surface area (Å²) in [4.78, 5) is 0. The second-order valence-electron chi connectivity index (χ2n) is 4.80. The van der Waals surface area contributed by atoms with Gasteiger partial charge in [-0.3, -0.25) is 10.4 Å². The van der Waals surface area contributed by atoms with Crippen molar-refractivity contribution in [2.24, 2.45) is 0 Å². The van der Waals surface area contributed by atoms with Crippen LogP contribution in [0.2, 0.25) is 0 Å². The summed E-state index contributed by atoms with van der Waals surface area (Å²) in [5, 5.41) is 2.05. The molecule has 1 N–H and O–H groups in total. The Hall–Kier alpha value is -0.860. The molecule has 1 saturated carbocycles. The number of hydrogen-bond donors (Lipinski definition) is 1. The Balaban J connectivity index is 1.86. The van der Waals surface area contributed by atoms with E-state index in [2.05, 4.69) is 55.7 Å². The topological polar surface area (TPSA) is 15.3 Å². The molecule has 15 heavy (non-hydrogen) atoms. The van der Waals surface area contributed by atoms with Crippen LogP contribution in [0.15, 0.2) is 24.3 Å². The minimum Gasteiger partial charge on any atom is -0.253 e. The highest BCUT2D eigenvalue weighted by Crippen LogP contribution is 2.36. The summed E-state index contributed by atoms with van der Waals surface area (Å²) in [6.45, 7) is 2.14. The van der Waals surface area contributed by atoms with E-state index in [0.717, 1.165) is 5.92 Å². The molecule has 2 nitrogen and oxygen atoms in total. The van der Waals surface area contributed by atoms with Crippen LogP contribution in [0.5, 0.6) is 0 Å². The molecule has 1 fully saturated rings. The largest absolute Gasteiger partial charge is 0.253 e. The average molecular weight is 204 g/mol. The monoisotopic (exact) mass is 204 g/mol. The molecule has 0 aromatic heterocycles. The van der Waals surface area contributed by atoms with E-state index in [0.29, 0.717) is 6.04 Å². The fourth-order valence-corrected chi connectivity index (χ4v) is 2.20. The molecule has 2 rings (SSSR count). The summed E-state index contributed by atoms with van der Waals surface area (Å²) >= 11 is 0. The predicted octanol–water partition coefficient (Wildman–Crippen LogP) is 2.31.